The summed E-state index contributed by atoms with van der Waals surface area (Å²) in [7, 11) is 0. The fourth-order valence-electron chi connectivity index (χ4n) is 2.13. The molecule has 0 saturated carbocycles. The Labute approximate surface area is 116 Å². The van der Waals surface area contributed by atoms with Gasteiger partial charge in [0.25, 0.3) is 0 Å². The van der Waals surface area contributed by atoms with Crippen LogP contribution >= 0.6 is 0 Å². The van der Waals surface area contributed by atoms with Crippen molar-refractivity contribution >= 4 is 11.6 Å². The normalized spacial score (nSPS) is 10.9. The van der Waals surface area contributed by atoms with Crippen molar-refractivity contribution in [2.45, 2.75) is 13.3 Å². The van der Waals surface area contributed by atoms with Crippen LogP contribution in [-0.2, 0) is 6.42 Å². The minimum atomic E-state index is -0.205. The van der Waals surface area contributed by atoms with E-state index < -0.39 is 0 Å². The monoisotopic (exact) mass is 270 g/mol. The van der Waals surface area contributed by atoms with E-state index in [4.69, 9.17) is 0 Å². The van der Waals surface area contributed by atoms with Gasteiger partial charge >= 0.3 is 0 Å². The summed E-state index contributed by atoms with van der Waals surface area (Å²) in [5.41, 5.74) is 2.89. The lowest BCUT2D eigenvalue weighted by atomic mass is 10.1. The number of nitrogens with zero attached hydrogens (tertiary/aromatic N) is 3. The van der Waals surface area contributed by atoms with E-state index in [2.05, 4.69) is 15.4 Å². The van der Waals surface area contributed by atoms with Gasteiger partial charge in [-0.2, -0.15) is 4.98 Å². The molecule has 0 fully saturated rings. The molecule has 0 aliphatic heterocycles. The molecule has 0 spiro atoms. The summed E-state index contributed by atoms with van der Waals surface area (Å²) in [5, 5.41) is 7.51. The zero-order chi connectivity index (χ0) is 13.9. The van der Waals surface area contributed by atoms with Crippen molar-refractivity contribution in [2.75, 3.05) is 11.9 Å². The van der Waals surface area contributed by atoms with Gasteiger partial charge in [-0.1, -0.05) is 18.2 Å². The number of hydrogen-bond donors (Lipinski definition) is 1. The summed E-state index contributed by atoms with van der Waals surface area (Å²) in [5.74, 6) is 0.389. The number of anilines is 1. The zero-order valence-corrected chi connectivity index (χ0v) is 11.2. The van der Waals surface area contributed by atoms with E-state index in [0.29, 0.717) is 12.5 Å². The van der Waals surface area contributed by atoms with E-state index in [-0.39, 0.29) is 5.82 Å². The van der Waals surface area contributed by atoms with E-state index in [1.54, 1.807) is 16.6 Å². The maximum absolute atomic E-state index is 13.1. The third-order valence-corrected chi connectivity index (χ3v) is 3.14. The lowest BCUT2D eigenvalue weighted by Crippen LogP contribution is -2.06. The first-order chi connectivity index (χ1) is 9.72. The highest BCUT2D eigenvalue weighted by atomic mass is 19.1. The number of fused-ring (bicyclic) bond motifs is 1. The van der Waals surface area contributed by atoms with Crippen molar-refractivity contribution < 1.29 is 4.39 Å². The Hall–Kier alpha value is -2.43. The largest absolute Gasteiger partial charge is 0.353 e. The summed E-state index contributed by atoms with van der Waals surface area (Å²) in [4.78, 5) is 4.43. The number of hydrogen-bond acceptors (Lipinski definition) is 3. The maximum Gasteiger partial charge on any atom is 0.243 e. The number of aromatic nitrogens is 3. The average molecular weight is 270 g/mol. The van der Waals surface area contributed by atoms with Crippen molar-refractivity contribution in [3.8, 4) is 0 Å². The predicted octanol–water partition coefficient (Wildman–Crippen LogP) is 2.83. The van der Waals surface area contributed by atoms with Gasteiger partial charge in [0.15, 0.2) is 5.65 Å². The summed E-state index contributed by atoms with van der Waals surface area (Å²) in [6.07, 6.45) is 2.60. The van der Waals surface area contributed by atoms with E-state index in [0.717, 1.165) is 23.2 Å². The summed E-state index contributed by atoms with van der Waals surface area (Å²) < 4.78 is 14.8. The van der Waals surface area contributed by atoms with Crippen LogP contribution in [0, 0.1) is 12.7 Å². The van der Waals surface area contributed by atoms with Crippen molar-refractivity contribution in [2.24, 2.45) is 0 Å². The van der Waals surface area contributed by atoms with Crippen molar-refractivity contribution in [1.82, 2.24) is 14.6 Å². The second-order valence-corrected chi connectivity index (χ2v) is 4.70. The Bertz CT molecular complexity index is 736. The highest BCUT2D eigenvalue weighted by molar-refractivity contribution is 5.49. The maximum atomic E-state index is 13.1. The highest BCUT2D eigenvalue weighted by Crippen LogP contribution is 2.10. The van der Waals surface area contributed by atoms with E-state index in [1.165, 1.54) is 6.07 Å². The van der Waals surface area contributed by atoms with Gasteiger partial charge in [-0.3, -0.25) is 0 Å². The van der Waals surface area contributed by atoms with Crippen LogP contribution in [0.5, 0.6) is 0 Å². The highest BCUT2D eigenvalue weighted by Gasteiger charge is 2.04. The number of rotatable bonds is 4. The van der Waals surface area contributed by atoms with Gasteiger partial charge in [0, 0.05) is 12.7 Å². The van der Waals surface area contributed by atoms with E-state index >= 15 is 0 Å². The van der Waals surface area contributed by atoms with Crippen LogP contribution in [0.1, 0.15) is 11.1 Å². The molecule has 2 aromatic heterocycles. The Morgan fingerprint density at radius 2 is 2.15 bits per heavy atom. The molecule has 1 N–H and O–H groups in total. The standard InChI is InChI=1S/C15H15FN4/c1-11-4-3-9-20-14(11)18-15(19-20)17-8-7-12-5-2-6-13(16)10-12/h2-6,9-10H,7-8H2,1H3,(H,17,19). The molecule has 3 rings (SSSR count). The second kappa shape index (κ2) is 5.28. The van der Waals surface area contributed by atoms with Crippen LogP contribution in [0.3, 0.4) is 0 Å². The molecular weight excluding hydrogens is 255 g/mol. The number of nitrogens with one attached hydrogen (secondary N) is 1. The molecule has 0 unspecified atom stereocenters. The van der Waals surface area contributed by atoms with Gasteiger partial charge in [-0.15, -0.1) is 5.10 Å². The molecule has 20 heavy (non-hydrogen) atoms. The first-order valence-electron chi connectivity index (χ1n) is 6.53. The summed E-state index contributed by atoms with van der Waals surface area (Å²) in [6, 6.07) is 10.6. The first kappa shape index (κ1) is 12.6. The summed E-state index contributed by atoms with van der Waals surface area (Å²) >= 11 is 0. The lowest BCUT2D eigenvalue weighted by molar-refractivity contribution is 0.625. The molecule has 0 amide bonds. The van der Waals surface area contributed by atoms with Gasteiger partial charge in [0.05, 0.1) is 0 Å². The molecule has 4 nitrogen and oxygen atoms in total. The Morgan fingerprint density at radius 3 is 2.95 bits per heavy atom. The van der Waals surface area contributed by atoms with E-state index in [1.807, 2.05) is 31.3 Å². The topological polar surface area (TPSA) is 42.2 Å². The van der Waals surface area contributed by atoms with E-state index in [9.17, 15) is 4.39 Å². The van der Waals surface area contributed by atoms with Crippen LogP contribution in [0.25, 0.3) is 5.65 Å². The minimum Gasteiger partial charge on any atom is -0.353 e. The Kier molecular flexibility index (Phi) is 3.33. The van der Waals surface area contributed by atoms with Gasteiger partial charge in [0.1, 0.15) is 5.82 Å². The molecule has 3 aromatic rings. The molecule has 1 aromatic carbocycles. The molecule has 102 valence electrons. The van der Waals surface area contributed by atoms with Gasteiger partial charge in [0.2, 0.25) is 5.95 Å². The first-order valence-corrected chi connectivity index (χ1v) is 6.53. The quantitative estimate of drug-likeness (QED) is 0.792. The fourth-order valence-corrected chi connectivity index (χ4v) is 2.13. The molecule has 0 bridgehead atoms. The molecule has 0 aliphatic carbocycles. The van der Waals surface area contributed by atoms with Gasteiger partial charge < -0.3 is 5.32 Å². The van der Waals surface area contributed by atoms with Crippen molar-refractivity contribution in [1.29, 1.82) is 0 Å². The number of benzene rings is 1. The van der Waals surface area contributed by atoms with Gasteiger partial charge in [-0.05, 0) is 42.7 Å². The number of aryl methyl sites for hydroxylation is 1. The molecule has 5 heteroatoms. The smallest absolute Gasteiger partial charge is 0.243 e. The van der Waals surface area contributed by atoms with Crippen LogP contribution in [-0.4, -0.2) is 21.1 Å². The summed E-state index contributed by atoms with van der Waals surface area (Å²) in [6.45, 7) is 2.67. The molecule has 0 saturated heterocycles. The second-order valence-electron chi connectivity index (χ2n) is 4.70. The Morgan fingerprint density at radius 1 is 1.25 bits per heavy atom. The van der Waals surface area contributed by atoms with Gasteiger partial charge in [-0.25, -0.2) is 8.91 Å². The molecule has 2 heterocycles. The third kappa shape index (κ3) is 2.61. The molecule has 0 atom stereocenters. The average Bonchev–Trinajstić information content (AvgIpc) is 2.83. The molecule has 0 aliphatic rings. The SMILES string of the molecule is Cc1cccn2nc(NCCc3cccc(F)c3)nc12. The van der Waals surface area contributed by atoms with Crippen LogP contribution in [0.4, 0.5) is 10.3 Å². The zero-order valence-electron chi connectivity index (χ0n) is 11.2. The number of halogens is 1. The fraction of sp³-hybridized carbons (Fsp3) is 0.200. The predicted molar refractivity (Wildman–Crippen MR) is 76.3 cm³/mol. The number of pyridine rings is 1. The van der Waals surface area contributed by atoms with Crippen molar-refractivity contribution in [3.05, 3.63) is 59.5 Å². The molecule has 0 radical (unpaired) electrons. The Balaban J connectivity index is 1.67. The third-order valence-electron chi connectivity index (χ3n) is 3.14. The van der Waals surface area contributed by atoms with Crippen molar-refractivity contribution in [3.63, 3.8) is 0 Å². The minimum absolute atomic E-state index is 0.205. The molecular formula is C15H15FN4. The lowest BCUT2D eigenvalue weighted by Gasteiger charge is -2.02. The van der Waals surface area contributed by atoms with Crippen LogP contribution < -0.4 is 5.32 Å². The van der Waals surface area contributed by atoms with Crippen LogP contribution in [0.2, 0.25) is 0 Å². The van der Waals surface area contributed by atoms with Crippen LogP contribution in [0.15, 0.2) is 42.6 Å².